The van der Waals surface area contributed by atoms with Crippen LogP contribution in [-0.4, -0.2) is 15.8 Å². The molecule has 0 aliphatic heterocycles. The topological polar surface area (TPSA) is 29.9 Å². The lowest BCUT2D eigenvalue weighted by Gasteiger charge is -2.21. The van der Waals surface area contributed by atoms with Crippen LogP contribution in [0.1, 0.15) is 63.6 Å². The van der Waals surface area contributed by atoms with Gasteiger partial charge in [-0.2, -0.15) is 5.10 Å². The first kappa shape index (κ1) is 12.2. The molecule has 3 rings (SSSR count). The van der Waals surface area contributed by atoms with Crippen LogP contribution < -0.4 is 5.32 Å². The Kier molecular flexibility index (Phi) is 3.69. The smallest absolute Gasteiger partial charge is 0.0762 e. The first-order chi connectivity index (χ1) is 8.86. The summed E-state index contributed by atoms with van der Waals surface area (Å²) in [6, 6.07) is 3.61. The van der Waals surface area contributed by atoms with Gasteiger partial charge in [-0.25, -0.2) is 0 Å². The second-order valence-corrected chi connectivity index (χ2v) is 5.97. The lowest BCUT2D eigenvalue weighted by atomic mass is 9.96. The van der Waals surface area contributed by atoms with E-state index in [9.17, 15) is 0 Å². The average molecular weight is 247 g/mol. The molecule has 2 saturated carbocycles. The van der Waals surface area contributed by atoms with Crippen LogP contribution in [0.25, 0.3) is 0 Å². The molecular weight excluding hydrogens is 222 g/mol. The van der Waals surface area contributed by atoms with Crippen molar-refractivity contribution in [2.75, 3.05) is 0 Å². The summed E-state index contributed by atoms with van der Waals surface area (Å²) in [5.41, 5.74) is 1.21. The molecule has 3 nitrogen and oxygen atoms in total. The van der Waals surface area contributed by atoms with Gasteiger partial charge < -0.3 is 5.32 Å². The van der Waals surface area contributed by atoms with Crippen LogP contribution in [-0.2, 0) is 6.54 Å². The molecule has 1 aromatic rings. The van der Waals surface area contributed by atoms with E-state index in [0.29, 0.717) is 6.04 Å². The minimum absolute atomic E-state index is 0.664. The van der Waals surface area contributed by atoms with Crippen molar-refractivity contribution in [2.24, 2.45) is 5.92 Å². The summed E-state index contributed by atoms with van der Waals surface area (Å²) in [6.45, 7) is 3.23. The van der Waals surface area contributed by atoms with Crippen molar-refractivity contribution in [1.82, 2.24) is 15.1 Å². The molecule has 18 heavy (non-hydrogen) atoms. The van der Waals surface area contributed by atoms with E-state index in [2.05, 4.69) is 29.2 Å². The first-order valence-corrected chi connectivity index (χ1v) is 7.64. The third-order valence-electron chi connectivity index (χ3n) is 4.60. The molecule has 0 radical (unpaired) electrons. The van der Waals surface area contributed by atoms with Crippen molar-refractivity contribution in [2.45, 2.75) is 70.5 Å². The van der Waals surface area contributed by atoms with E-state index in [1.807, 2.05) is 0 Å². The number of nitrogens with one attached hydrogen (secondary N) is 1. The molecule has 100 valence electrons. The summed E-state index contributed by atoms with van der Waals surface area (Å²) in [4.78, 5) is 0. The molecule has 0 amide bonds. The van der Waals surface area contributed by atoms with Crippen LogP contribution in [0.3, 0.4) is 0 Å². The summed E-state index contributed by atoms with van der Waals surface area (Å²) in [5.74, 6) is 0.922. The Balaban J connectivity index is 1.50. The van der Waals surface area contributed by atoms with Crippen molar-refractivity contribution in [1.29, 1.82) is 0 Å². The van der Waals surface area contributed by atoms with Crippen molar-refractivity contribution in [3.63, 3.8) is 0 Å². The fourth-order valence-corrected chi connectivity index (χ4v) is 3.21. The standard InChI is InChI=1S/C15H25N3/c1-2-12-10-15(12)16-11-13-8-9-18(17-13)14-6-4-3-5-7-14/h8-9,12,14-16H,2-7,10-11H2,1H3. The molecule has 3 heteroatoms. The Labute approximate surface area is 110 Å². The maximum atomic E-state index is 4.74. The molecule has 2 aliphatic carbocycles. The zero-order valence-corrected chi connectivity index (χ0v) is 11.4. The molecule has 2 unspecified atom stereocenters. The van der Waals surface area contributed by atoms with Crippen LogP contribution in [0, 0.1) is 5.92 Å². The zero-order valence-electron chi connectivity index (χ0n) is 11.4. The summed E-state index contributed by atoms with van der Waals surface area (Å²) in [5, 5.41) is 8.35. The van der Waals surface area contributed by atoms with Gasteiger partial charge >= 0.3 is 0 Å². The van der Waals surface area contributed by atoms with E-state index < -0.39 is 0 Å². The predicted octanol–water partition coefficient (Wildman–Crippen LogP) is 3.28. The van der Waals surface area contributed by atoms with Crippen molar-refractivity contribution in [3.05, 3.63) is 18.0 Å². The van der Waals surface area contributed by atoms with Crippen LogP contribution >= 0.6 is 0 Å². The van der Waals surface area contributed by atoms with Gasteiger partial charge in [-0.3, -0.25) is 4.68 Å². The van der Waals surface area contributed by atoms with E-state index in [-0.39, 0.29) is 0 Å². The van der Waals surface area contributed by atoms with Gasteiger partial charge in [-0.05, 0) is 31.2 Å². The zero-order chi connectivity index (χ0) is 12.4. The Bertz CT molecular complexity index is 379. The third-order valence-corrected chi connectivity index (χ3v) is 4.60. The van der Waals surface area contributed by atoms with E-state index in [0.717, 1.165) is 18.5 Å². The molecule has 2 fully saturated rings. The maximum absolute atomic E-state index is 4.74. The Hall–Kier alpha value is -0.830. The van der Waals surface area contributed by atoms with Gasteiger partial charge in [0.25, 0.3) is 0 Å². The van der Waals surface area contributed by atoms with Crippen LogP contribution in [0.4, 0.5) is 0 Å². The molecule has 0 spiro atoms. The van der Waals surface area contributed by atoms with E-state index in [1.54, 1.807) is 0 Å². The van der Waals surface area contributed by atoms with E-state index in [1.165, 1.54) is 50.6 Å². The Morgan fingerprint density at radius 1 is 1.33 bits per heavy atom. The summed E-state index contributed by atoms with van der Waals surface area (Å²) >= 11 is 0. The molecule has 2 atom stereocenters. The number of hydrogen-bond acceptors (Lipinski definition) is 2. The fraction of sp³-hybridized carbons (Fsp3) is 0.800. The molecular formula is C15H25N3. The van der Waals surface area contributed by atoms with Crippen molar-refractivity contribution < 1.29 is 0 Å². The number of aromatic nitrogens is 2. The minimum atomic E-state index is 0.664. The van der Waals surface area contributed by atoms with Crippen molar-refractivity contribution >= 4 is 0 Å². The normalized spacial score (nSPS) is 28.5. The number of hydrogen-bond donors (Lipinski definition) is 1. The largest absolute Gasteiger partial charge is 0.308 e. The lowest BCUT2D eigenvalue weighted by Crippen LogP contribution is -2.19. The predicted molar refractivity (Wildman–Crippen MR) is 73.4 cm³/mol. The highest BCUT2D eigenvalue weighted by Gasteiger charge is 2.34. The maximum Gasteiger partial charge on any atom is 0.0762 e. The van der Waals surface area contributed by atoms with Crippen LogP contribution in [0.15, 0.2) is 12.3 Å². The van der Waals surface area contributed by atoms with Gasteiger partial charge in [0.2, 0.25) is 0 Å². The molecule has 2 aliphatic rings. The van der Waals surface area contributed by atoms with Gasteiger partial charge in [-0.1, -0.05) is 32.6 Å². The highest BCUT2D eigenvalue weighted by Crippen LogP contribution is 2.33. The molecule has 1 heterocycles. The quantitative estimate of drug-likeness (QED) is 0.865. The fourth-order valence-electron chi connectivity index (χ4n) is 3.21. The number of rotatable bonds is 5. The SMILES string of the molecule is CCC1CC1NCc1ccn(C2CCCCC2)n1. The van der Waals surface area contributed by atoms with E-state index in [4.69, 9.17) is 5.10 Å². The van der Waals surface area contributed by atoms with Gasteiger partial charge in [0, 0.05) is 18.8 Å². The summed E-state index contributed by atoms with van der Waals surface area (Å²) in [6.07, 6.45) is 11.6. The monoisotopic (exact) mass is 247 g/mol. The van der Waals surface area contributed by atoms with Crippen LogP contribution in [0.2, 0.25) is 0 Å². The molecule has 0 bridgehead atoms. The Morgan fingerprint density at radius 2 is 2.17 bits per heavy atom. The summed E-state index contributed by atoms with van der Waals surface area (Å²) in [7, 11) is 0. The summed E-state index contributed by atoms with van der Waals surface area (Å²) < 4.78 is 2.21. The molecule has 0 aromatic carbocycles. The van der Waals surface area contributed by atoms with Gasteiger partial charge in [0.1, 0.15) is 0 Å². The van der Waals surface area contributed by atoms with E-state index >= 15 is 0 Å². The highest BCUT2D eigenvalue weighted by molar-refractivity contribution is 5.02. The average Bonchev–Trinajstić information content (AvgIpc) is 3.04. The van der Waals surface area contributed by atoms with Crippen LogP contribution in [0.5, 0.6) is 0 Å². The first-order valence-electron chi connectivity index (χ1n) is 7.64. The molecule has 1 N–H and O–H groups in total. The van der Waals surface area contributed by atoms with Crippen molar-refractivity contribution in [3.8, 4) is 0 Å². The highest BCUT2D eigenvalue weighted by atomic mass is 15.3. The molecule has 0 saturated heterocycles. The molecule has 1 aromatic heterocycles. The minimum Gasteiger partial charge on any atom is -0.308 e. The Morgan fingerprint density at radius 3 is 2.89 bits per heavy atom. The third kappa shape index (κ3) is 2.77. The van der Waals surface area contributed by atoms with Gasteiger partial charge in [0.05, 0.1) is 11.7 Å². The second-order valence-electron chi connectivity index (χ2n) is 5.97. The van der Waals surface area contributed by atoms with Gasteiger partial charge in [0.15, 0.2) is 0 Å². The second kappa shape index (κ2) is 5.43. The van der Waals surface area contributed by atoms with Gasteiger partial charge in [-0.15, -0.1) is 0 Å². The lowest BCUT2D eigenvalue weighted by molar-refractivity contribution is 0.327. The number of nitrogens with zero attached hydrogens (tertiary/aromatic N) is 2.